The van der Waals surface area contributed by atoms with E-state index in [4.69, 9.17) is 5.73 Å². The molecule has 0 bridgehead atoms. The fourth-order valence-corrected chi connectivity index (χ4v) is 2.09. The Balaban J connectivity index is 1.84. The van der Waals surface area contributed by atoms with Crippen molar-refractivity contribution in [2.45, 2.75) is 25.3 Å². The summed E-state index contributed by atoms with van der Waals surface area (Å²) < 4.78 is 0. The average Bonchev–Trinajstić information content (AvgIpc) is 2.93. The van der Waals surface area contributed by atoms with E-state index in [0.717, 1.165) is 19.6 Å². The predicted molar refractivity (Wildman–Crippen MR) is 54.9 cm³/mol. The van der Waals surface area contributed by atoms with Gasteiger partial charge in [-0.1, -0.05) is 0 Å². The van der Waals surface area contributed by atoms with Crippen molar-refractivity contribution in [1.29, 1.82) is 0 Å². The summed E-state index contributed by atoms with van der Waals surface area (Å²) in [6.45, 7) is 4.24. The molecule has 0 spiro atoms. The Morgan fingerprint density at radius 3 is 2.57 bits per heavy atom. The highest BCUT2D eigenvalue weighted by molar-refractivity contribution is 5.75. The highest BCUT2D eigenvalue weighted by Gasteiger charge is 2.51. The first-order chi connectivity index (χ1) is 6.57. The van der Waals surface area contributed by atoms with Crippen molar-refractivity contribution in [3.63, 3.8) is 0 Å². The van der Waals surface area contributed by atoms with E-state index >= 15 is 0 Å². The molecule has 2 aliphatic rings. The van der Waals surface area contributed by atoms with Crippen LogP contribution in [0.3, 0.4) is 0 Å². The lowest BCUT2D eigenvalue weighted by atomic mass is 9.86. The van der Waals surface area contributed by atoms with Gasteiger partial charge in [0, 0.05) is 26.7 Å². The molecule has 0 unspecified atom stereocenters. The molecule has 0 radical (unpaired) electrons. The number of hydrogen-bond donors (Lipinski definition) is 1. The average molecular weight is 197 g/mol. The summed E-state index contributed by atoms with van der Waals surface area (Å²) in [6, 6.07) is 0.120. The maximum absolute atomic E-state index is 11.7. The third kappa shape index (κ3) is 1.47. The van der Waals surface area contributed by atoms with Gasteiger partial charge in [-0.15, -0.1) is 0 Å². The molecular weight excluding hydrogens is 178 g/mol. The Kier molecular flexibility index (Phi) is 2.18. The molecule has 1 aliphatic heterocycles. The SMILES string of the molecule is CCN(C)C(=O)N1CC(N)(C2CC2)C1. The van der Waals surface area contributed by atoms with Gasteiger partial charge >= 0.3 is 6.03 Å². The lowest BCUT2D eigenvalue weighted by Crippen LogP contribution is -2.71. The quantitative estimate of drug-likeness (QED) is 0.700. The first-order valence-electron chi connectivity index (χ1n) is 5.36. The van der Waals surface area contributed by atoms with Crippen LogP contribution in [0.5, 0.6) is 0 Å². The summed E-state index contributed by atoms with van der Waals surface area (Å²) >= 11 is 0. The van der Waals surface area contributed by atoms with Crippen LogP contribution in [0.1, 0.15) is 19.8 Å². The van der Waals surface area contributed by atoms with E-state index in [1.807, 2.05) is 18.9 Å². The summed E-state index contributed by atoms with van der Waals surface area (Å²) in [5.41, 5.74) is 6.11. The van der Waals surface area contributed by atoms with Gasteiger partial charge < -0.3 is 15.5 Å². The number of likely N-dealkylation sites (tertiary alicyclic amines) is 1. The smallest absolute Gasteiger partial charge is 0.319 e. The number of rotatable bonds is 2. The predicted octanol–water partition coefficient (Wildman–Crippen LogP) is 0.481. The second-order valence-corrected chi connectivity index (χ2v) is 4.66. The molecule has 2 N–H and O–H groups in total. The van der Waals surface area contributed by atoms with Gasteiger partial charge in [0.2, 0.25) is 0 Å². The first-order valence-corrected chi connectivity index (χ1v) is 5.36. The molecule has 0 aromatic carbocycles. The first kappa shape index (κ1) is 9.77. The van der Waals surface area contributed by atoms with Gasteiger partial charge in [0.05, 0.1) is 5.54 Å². The monoisotopic (exact) mass is 197 g/mol. The van der Waals surface area contributed by atoms with Crippen molar-refractivity contribution in [2.24, 2.45) is 11.7 Å². The Bertz CT molecular complexity index is 244. The van der Waals surface area contributed by atoms with Gasteiger partial charge in [-0.2, -0.15) is 0 Å². The number of nitrogens with two attached hydrogens (primary N) is 1. The fraction of sp³-hybridized carbons (Fsp3) is 0.900. The molecule has 14 heavy (non-hydrogen) atoms. The minimum absolute atomic E-state index is 0.0513. The summed E-state index contributed by atoms with van der Waals surface area (Å²) in [6.07, 6.45) is 2.50. The third-order valence-electron chi connectivity index (χ3n) is 3.43. The Morgan fingerprint density at radius 2 is 2.14 bits per heavy atom. The lowest BCUT2D eigenvalue weighted by molar-refractivity contribution is 0.0652. The van der Waals surface area contributed by atoms with Crippen molar-refractivity contribution in [3.8, 4) is 0 Å². The Morgan fingerprint density at radius 1 is 1.57 bits per heavy atom. The minimum atomic E-state index is -0.0513. The van der Waals surface area contributed by atoms with Crippen molar-refractivity contribution >= 4 is 6.03 Å². The molecular formula is C10H19N3O. The number of urea groups is 1. The van der Waals surface area contributed by atoms with Gasteiger partial charge in [-0.05, 0) is 25.7 Å². The molecule has 4 heteroatoms. The number of hydrogen-bond acceptors (Lipinski definition) is 2. The number of amides is 2. The molecule has 1 saturated heterocycles. The molecule has 0 atom stereocenters. The highest BCUT2D eigenvalue weighted by Crippen LogP contribution is 2.43. The molecule has 0 aromatic heterocycles. The second kappa shape index (κ2) is 3.12. The summed E-state index contributed by atoms with van der Waals surface area (Å²) in [7, 11) is 1.83. The molecule has 1 heterocycles. The van der Waals surface area contributed by atoms with Crippen LogP contribution in [0.15, 0.2) is 0 Å². The summed E-state index contributed by atoms with van der Waals surface area (Å²) in [5, 5.41) is 0. The van der Waals surface area contributed by atoms with Gasteiger partial charge in [0.15, 0.2) is 0 Å². The van der Waals surface area contributed by atoms with Crippen LogP contribution >= 0.6 is 0 Å². The number of nitrogens with zero attached hydrogens (tertiary/aromatic N) is 2. The van der Waals surface area contributed by atoms with E-state index in [0.29, 0.717) is 5.92 Å². The molecule has 1 saturated carbocycles. The Hall–Kier alpha value is -0.770. The molecule has 1 aliphatic carbocycles. The zero-order valence-corrected chi connectivity index (χ0v) is 8.99. The molecule has 80 valence electrons. The van der Waals surface area contributed by atoms with Crippen molar-refractivity contribution in [1.82, 2.24) is 9.80 Å². The van der Waals surface area contributed by atoms with Gasteiger partial charge in [0.1, 0.15) is 0 Å². The van der Waals surface area contributed by atoms with Crippen LogP contribution in [0, 0.1) is 5.92 Å². The summed E-state index contributed by atoms with van der Waals surface area (Å²) in [4.78, 5) is 15.3. The van der Waals surface area contributed by atoms with Crippen LogP contribution in [0.4, 0.5) is 4.79 Å². The molecule has 2 amide bonds. The molecule has 2 fully saturated rings. The van der Waals surface area contributed by atoms with Gasteiger partial charge in [0.25, 0.3) is 0 Å². The van der Waals surface area contributed by atoms with E-state index in [9.17, 15) is 4.79 Å². The molecule has 2 rings (SSSR count). The van der Waals surface area contributed by atoms with Crippen molar-refractivity contribution < 1.29 is 4.79 Å². The Labute approximate surface area is 85.0 Å². The van der Waals surface area contributed by atoms with Crippen LogP contribution < -0.4 is 5.73 Å². The van der Waals surface area contributed by atoms with Gasteiger partial charge in [-0.3, -0.25) is 0 Å². The van der Waals surface area contributed by atoms with E-state index in [1.165, 1.54) is 12.8 Å². The topological polar surface area (TPSA) is 49.6 Å². The van der Waals surface area contributed by atoms with Crippen LogP contribution in [0.25, 0.3) is 0 Å². The second-order valence-electron chi connectivity index (χ2n) is 4.66. The zero-order chi connectivity index (χ0) is 10.3. The highest BCUT2D eigenvalue weighted by atomic mass is 16.2. The minimum Gasteiger partial charge on any atom is -0.328 e. The molecule has 4 nitrogen and oxygen atoms in total. The largest absolute Gasteiger partial charge is 0.328 e. The van der Waals surface area contributed by atoms with E-state index in [-0.39, 0.29) is 11.6 Å². The van der Waals surface area contributed by atoms with E-state index < -0.39 is 0 Å². The van der Waals surface area contributed by atoms with E-state index in [1.54, 1.807) is 4.90 Å². The van der Waals surface area contributed by atoms with Crippen LogP contribution in [-0.2, 0) is 0 Å². The standard InChI is InChI=1S/C10H19N3O/c1-3-12(2)9(14)13-6-10(11,7-13)8-4-5-8/h8H,3-7,11H2,1-2H3. The van der Waals surface area contributed by atoms with Crippen LogP contribution in [0.2, 0.25) is 0 Å². The maximum atomic E-state index is 11.7. The summed E-state index contributed by atoms with van der Waals surface area (Å²) in [5.74, 6) is 0.679. The maximum Gasteiger partial charge on any atom is 0.319 e. The van der Waals surface area contributed by atoms with Gasteiger partial charge in [-0.25, -0.2) is 4.79 Å². The molecule has 0 aromatic rings. The normalized spacial score (nSPS) is 24.4. The van der Waals surface area contributed by atoms with Crippen LogP contribution in [-0.4, -0.2) is 48.1 Å². The number of carbonyl (C=O) groups is 1. The zero-order valence-electron chi connectivity index (χ0n) is 8.99. The van der Waals surface area contributed by atoms with Crippen molar-refractivity contribution in [3.05, 3.63) is 0 Å². The fourth-order valence-electron chi connectivity index (χ4n) is 2.09. The van der Waals surface area contributed by atoms with Crippen molar-refractivity contribution in [2.75, 3.05) is 26.7 Å². The number of carbonyl (C=O) groups excluding carboxylic acids is 1. The lowest BCUT2D eigenvalue weighted by Gasteiger charge is -2.49. The van der Waals surface area contributed by atoms with E-state index in [2.05, 4.69) is 0 Å². The third-order valence-corrected chi connectivity index (χ3v) is 3.43.